The summed E-state index contributed by atoms with van der Waals surface area (Å²) in [7, 11) is -3.57. The quantitative estimate of drug-likeness (QED) is 0.711. The molecule has 7 nitrogen and oxygen atoms in total. The SMILES string of the molecule is O=C(C1=CC=CN2CCS(=O)(=O)N=C12)N1CCCSC1=Nc1ccccc1Cl. The molecule has 1 aromatic carbocycles. The molecule has 1 saturated heterocycles. The van der Waals surface area contributed by atoms with Crippen molar-refractivity contribution in [3.8, 4) is 0 Å². The number of halogens is 1. The van der Waals surface area contributed by atoms with Gasteiger partial charge in [-0.3, -0.25) is 9.69 Å². The van der Waals surface area contributed by atoms with Gasteiger partial charge in [0, 0.05) is 25.0 Å². The van der Waals surface area contributed by atoms with Crippen molar-refractivity contribution in [2.75, 3.05) is 24.6 Å². The lowest BCUT2D eigenvalue weighted by atomic mass is 10.1. The van der Waals surface area contributed by atoms with Gasteiger partial charge in [0.25, 0.3) is 15.9 Å². The molecule has 3 aliphatic rings. The highest BCUT2D eigenvalue weighted by atomic mass is 35.5. The predicted molar refractivity (Wildman–Crippen MR) is 112 cm³/mol. The number of amides is 1. The Hall–Kier alpha value is -2.10. The van der Waals surface area contributed by atoms with E-state index in [9.17, 15) is 13.2 Å². The van der Waals surface area contributed by atoms with E-state index in [1.165, 1.54) is 11.8 Å². The molecule has 1 amide bonds. The minimum Gasteiger partial charge on any atom is -0.331 e. The number of aliphatic imine (C=N–C) groups is 1. The van der Waals surface area contributed by atoms with Crippen LogP contribution in [0.2, 0.25) is 5.02 Å². The van der Waals surface area contributed by atoms with Gasteiger partial charge in [0.05, 0.1) is 22.0 Å². The van der Waals surface area contributed by atoms with Gasteiger partial charge in [-0.1, -0.05) is 35.5 Å². The van der Waals surface area contributed by atoms with E-state index in [0.717, 1.165) is 12.2 Å². The summed E-state index contributed by atoms with van der Waals surface area (Å²) < 4.78 is 27.8. The zero-order valence-corrected chi connectivity index (χ0v) is 17.2. The van der Waals surface area contributed by atoms with Gasteiger partial charge in [0.2, 0.25) is 0 Å². The Morgan fingerprint density at radius 3 is 2.89 bits per heavy atom. The Bertz CT molecular complexity index is 1050. The van der Waals surface area contributed by atoms with Gasteiger partial charge in [-0.05, 0) is 30.7 Å². The molecule has 0 radical (unpaired) electrons. The van der Waals surface area contributed by atoms with E-state index in [1.807, 2.05) is 12.1 Å². The molecule has 3 aliphatic heterocycles. The highest BCUT2D eigenvalue weighted by molar-refractivity contribution is 8.13. The molecule has 0 bridgehead atoms. The number of amidine groups is 2. The van der Waals surface area contributed by atoms with Crippen molar-refractivity contribution in [3.05, 3.63) is 53.2 Å². The normalized spacial score (nSPS) is 22.5. The number of carbonyl (C=O) groups excluding carboxylic acids is 1. The number of sulfonamides is 1. The molecule has 0 aliphatic carbocycles. The van der Waals surface area contributed by atoms with Gasteiger partial charge >= 0.3 is 0 Å². The third-order valence-corrected chi connectivity index (χ3v) is 6.92. The van der Waals surface area contributed by atoms with Crippen LogP contribution in [0.1, 0.15) is 6.42 Å². The molecule has 146 valence electrons. The number of hydrogen-bond donors (Lipinski definition) is 0. The number of rotatable bonds is 2. The number of allylic oxidation sites excluding steroid dienone is 2. The maximum atomic E-state index is 13.3. The van der Waals surface area contributed by atoms with Crippen LogP contribution in [0.5, 0.6) is 0 Å². The summed E-state index contributed by atoms with van der Waals surface area (Å²) in [5.41, 5.74) is 0.836. The van der Waals surface area contributed by atoms with Gasteiger partial charge in [-0.25, -0.2) is 13.4 Å². The lowest BCUT2D eigenvalue weighted by Crippen LogP contribution is -2.46. The van der Waals surface area contributed by atoms with Crippen LogP contribution >= 0.6 is 23.4 Å². The average Bonchev–Trinajstić information content (AvgIpc) is 2.68. The second kappa shape index (κ2) is 7.73. The zero-order chi connectivity index (χ0) is 19.7. The Kier molecular flexibility index (Phi) is 5.31. The van der Waals surface area contributed by atoms with Gasteiger partial charge in [0.1, 0.15) is 0 Å². The fraction of sp³-hybridized carbons (Fsp3) is 0.278. The summed E-state index contributed by atoms with van der Waals surface area (Å²) in [6.45, 7) is 0.772. The number of hydrogen-bond acceptors (Lipinski definition) is 6. The number of para-hydroxylation sites is 1. The zero-order valence-electron chi connectivity index (χ0n) is 14.8. The van der Waals surface area contributed by atoms with Crippen molar-refractivity contribution in [1.82, 2.24) is 9.80 Å². The van der Waals surface area contributed by atoms with E-state index in [-0.39, 0.29) is 29.6 Å². The van der Waals surface area contributed by atoms with Crippen molar-refractivity contribution in [1.29, 1.82) is 0 Å². The van der Waals surface area contributed by atoms with Crippen molar-refractivity contribution in [2.45, 2.75) is 6.42 Å². The van der Waals surface area contributed by atoms with Crippen molar-refractivity contribution in [3.63, 3.8) is 0 Å². The van der Waals surface area contributed by atoms with E-state index in [4.69, 9.17) is 11.6 Å². The first-order valence-electron chi connectivity index (χ1n) is 8.71. The summed E-state index contributed by atoms with van der Waals surface area (Å²) in [6.07, 6.45) is 5.88. The molecule has 1 aromatic rings. The van der Waals surface area contributed by atoms with Crippen LogP contribution in [0.3, 0.4) is 0 Å². The summed E-state index contributed by atoms with van der Waals surface area (Å²) in [5, 5.41) is 1.05. The molecule has 0 saturated carbocycles. The lowest BCUT2D eigenvalue weighted by molar-refractivity contribution is -0.122. The Morgan fingerprint density at radius 1 is 1.25 bits per heavy atom. The molecule has 0 unspecified atom stereocenters. The van der Waals surface area contributed by atoms with Gasteiger partial charge in [-0.15, -0.1) is 4.40 Å². The maximum Gasteiger partial charge on any atom is 0.263 e. The van der Waals surface area contributed by atoms with E-state index in [2.05, 4.69) is 9.39 Å². The molecular formula is C18H17ClN4O3S2. The molecule has 4 rings (SSSR count). The average molecular weight is 437 g/mol. The number of nitrogens with zero attached hydrogens (tertiary/aromatic N) is 4. The van der Waals surface area contributed by atoms with E-state index < -0.39 is 10.0 Å². The summed E-state index contributed by atoms with van der Waals surface area (Å²) in [6, 6.07) is 7.18. The Balaban J connectivity index is 1.69. The first kappa shape index (κ1) is 19.2. The molecule has 10 heteroatoms. The highest BCUT2D eigenvalue weighted by Crippen LogP contribution is 2.29. The first-order valence-corrected chi connectivity index (χ1v) is 11.7. The van der Waals surface area contributed by atoms with E-state index in [0.29, 0.717) is 22.4 Å². The monoisotopic (exact) mass is 436 g/mol. The second-order valence-corrected chi connectivity index (χ2v) is 9.54. The molecule has 0 atom stereocenters. The van der Waals surface area contributed by atoms with Gasteiger partial charge in [-0.2, -0.15) is 0 Å². The largest absolute Gasteiger partial charge is 0.331 e. The minimum absolute atomic E-state index is 0.0684. The third-order valence-electron chi connectivity index (χ3n) is 4.39. The van der Waals surface area contributed by atoms with Crippen LogP contribution in [-0.2, 0) is 14.8 Å². The van der Waals surface area contributed by atoms with Crippen LogP contribution in [-0.4, -0.2) is 59.7 Å². The maximum absolute atomic E-state index is 13.3. The van der Waals surface area contributed by atoms with E-state index >= 15 is 0 Å². The van der Waals surface area contributed by atoms with Crippen LogP contribution in [0.25, 0.3) is 0 Å². The van der Waals surface area contributed by atoms with Crippen molar-refractivity contribution >= 4 is 56.0 Å². The summed E-state index contributed by atoms with van der Waals surface area (Å²) in [5.74, 6) is 0.629. The van der Waals surface area contributed by atoms with Gasteiger partial charge in [0.15, 0.2) is 11.0 Å². The highest BCUT2D eigenvalue weighted by Gasteiger charge is 2.34. The summed E-state index contributed by atoms with van der Waals surface area (Å²) in [4.78, 5) is 21.1. The molecule has 0 N–H and O–H groups in total. The third kappa shape index (κ3) is 3.87. The van der Waals surface area contributed by atoms with Crippen LogP contribution in [0, 0.1) is 0 Å². The lowest BCUT2D eigenvalue weighted by Gasteiger charge is -2.33. The number of thioether (sulfide) groups is 1. The number of carbonyl (C=O) groups is 1. The van der Waals surface area contributed by atoms with Gasteiger partial charge < -0.3 is 4.90 Å². The Morgan fingerprint density at radius 2 is 2.07 bits per heavy atom. The molecule has 28 heavy (non-hydrogen) atoms. The first-order chi connectivity index (χ1) is 13.4. The number of fused-ring (bicyclic) bond motifs is 1. The molecule has 3 heterocycles. The molecule has 1 fully saturated rings. The fourth-order valence-corrected chi connectivity index (χ4v) is 5.13. The predicted octanol–water partition coefficient (Wildman–Crippen LogP) is 2.79. The number of benzene rings is 1. The van der Waals surface area contributed by atoms with E-state index in [1.54, 1.807) is 40.3 Å². The molecule has 0 spiro atoms. The fourth-order valence-electron chi connectivity index (χ4n) is 3.01. The second-order valence-electron chi connectivity index (χ2n) is 6.32. The molecular weight excluding hydrogens is 420 g/mol. The Labute approximate surface area is 172 Å². The van der Waals surface area contributed by atoms with Crippen LogP contribution < -0.4 is 0 Å². The van der Waals surface area contributed by atoms with Crippen molar-refractivity contribution in [2.24, 2.45) is 9.39 Å². The molecule has 0 aromatic heterocycles. The standard InChI is InChI=1S/C18H17ClN4O3S2/c19-14-6-1-2-7-15(14)20-18-23(9-4-11-27-18)17(24)13-5-3-8-22-10-12-28(25,26)21-16(13)22/h1-3,5-8H,4,9-12H2. The van der Waals surface area contributed by atoms with Crippen molar-refractivity contribution < 1.29 is 13.2 Å². The summed E-state index contributed by atoms with van der Waals surface area (Å²) >= 11 is 7.69. The van der Waals surface area contributed by atoms with Crippen LogP contribution in [0.15, 0.2) is 57.6 Å². The van der Waals surface area contributed by atoms with Crippen LogP contribution in [0.4, 0.5) is 5.69 Å². The topological polar surface area (TPSA) is 82.4 Å². The minimum atomic E-state index is -3.57. The smallest absolute Gasteiger partial charge is 0.263 e.